The number of nitrogens with zero attached hydrogens (tertiary/aromatic N) is 1. The molecule has 0 fully saturated rings. The first kappa shape index (κ1) is 8.97. The Kier molecular flexibility index (Phi) is 1.90. The van der Waals surface area contributed by atoms with Gasteiger partial charge in [0.25, 0.3) is 0 Å². The zero-order chi connectivity index (χ0) is 11.0. The van der Waals surface area contributed by atoms with E-state index in [4.69, 9.17) is 4.42 Å². The molecule has 0 saturated heterocycles. The maximum Gasteiger partial charge on any atom is 0.360 e. The highest BCUT2D eigenvalue weighted by molar-refractivity contribution is 5.58. The zero-order valence-electron chi connectivity index (χ0n) is 8.46. The lowest BCUT2D eigenvalue weighted by atomic mass is 10.2. The molecule has 3 heteroatoms. The van der Waals surface area contributed by atoms with Crippen molar-refractivity contribution in [3.63, 3.8) is 0 Å². The quantitative estimate of drug-likeness (QED) is 0.620. The third-order valence-corrected chi connectivity index (χ3v) is 2.51. The zero-order valence-corrected chi connectivity index (χ0v) is 8.46. The number of aromatic nitrogens is 1. The van der Waals surface area contributed by atoms with Crippen LogP contribution in [-0.4, -0.2) is 4.40 Å². The molecule has 0 N–H and O–H groups in total. The molecule has 78 valence electrons. The molecule has 0 unspecified atom stereocenters. The largest absolute Gasteiger partial charge is 0.420 e. The molecule has 0 aliphatic carbocycles. The molecule has 0 radical (unpaired) electrons. The highest BCUT2D eigenvalue weighted by Crippen LogP contribution is 2.17. The summed E-state index contributed by atoms with van der Waals surface area (Å²) in [4.78, 5) is 11.6. The van der Waals surface area contributed by atoms with Gasteiger partial charge in [-0.2, -0.15) is 0 Å². The van der Waals surface area contributed by atoms with Gasteiger partial charge in [0.15, 0.2) is 5.76 Å². The van der Waals surface area contributed by atoms with Crippen LogP contribution in [0.3, 0.4) is 0 Å². The normalized spacial score (nSPS) is 10.8. The van der Waals surface area contributed by atoms with Crippen molar-refractivity contribution in [1.29, 1.82) is 0 Å². The van der Waals surface area contributed by atoms with Crippen molar-refractivity contribution in [1.82, 2.24) is 4.40 Å². The van der Waals surface area contributed by atoms with Crippen molar-refractivity contribution in [2.75, 3.05) is 0 Å². The van der Waals surface area contributed by atoms with Crippen molar-refractivity contribution in [3.8, 4) is 11.3 Å². The van der Waals surface area contributed by atoms with Crippen molar-refractivity contribution >= 4 is 5.52 Å². The molecule has 0 amide bonds. The molecular formula is C13H9NO2. The minimum atomic E-state index is -0.314. The fraction of sp³-hybridized carbons (Fsp3) is 0. The van der Waals surface area contributed by atoms with Crippen LogP contribution in [0.2, 0.25) is 0 Å². The number of rotatable bonds is 1. The van der Waals surface area contributed by atoms with Crippen LogP contribution in [0.5, 0.6) is 0 Å². The van der Waals surface area contributed by atoms with Gasteiger partial charge < -0.3 is 8.82 Å². The molecule has 0 saturated carbocycles. The van der Waals surface area contributed by atoms with Gasteiger partial charge in [0, 0.05) is 11.8 Å². The maximum atomic E-state index is 11.6. The summed E-state index contributed by atoms with van der Waals surface area (Å²) in [6, 6.07) is 13.1. The van der Waals surface area contributed by atoms with Crippen molar-refractivity contribution in [2.45, 2.75) is 0 Å². The average Bonchev–Trinajstić information content (AvgIpc) is 2.79. The van der Waals surface area contributed by atoms with E-state index < -0.39 is 0 Å². The van der Waals surface area contributed by atoms with Crippen LogP contribution in [0.15, 0.2) is 64.1 Å². The van der Waals surface area contributed by atoms with Gasteiger partial charge in [-0.05, 0) is 12.1 Å². The Labute approximate surface area is 91.6 Å². The van der Waals surface area contributed by atoms with Gasteiger partial charge in [0.05, 0.1) is 6.20 Å². The lowest BCUT2D eigenvalue weighted by Crippen LogP contribution is -2.03. The molecule has 2 aromatic heterocycles. The van der Waals surface area contributed by atoms with Crippen molar-refractivity contribution in [2.24, 2.45) is 0 Å². The van der Waals surface area contributed by atoms with Crippen LogP contribution in [0.4, 0.5) is 0 Å². The molecule has 3 aromatic rings. The lowest BCUT2D eigenvalue weighted by Gasteiger charge is -2.00. The van der Waals surface area contributed by atoms with E-state index in [1.54, 1.807) is 10.5 Å². The van der Waals surface area contributed by atoms with E-state index >= 15 is 0 Å². The molecular weight excluding hydrogens is 202 g/mol. The second-order valence-electron chi connectivity index (χ2n) is 3.55. The Morgan fingerprint density at radius 3 is 2.62 bits per heavy atom. The monoisotopic (exact) mass is 211 g/mol. The Bertz CT molecular complexity index is 680. The third-order valence-electron chi connectivity index (χ3n) is 2.51. The van der Waals surface area contributed by atoms with Gasteiger partial charge in [-0.3, -0.25) is 0 Å². The van der Waals surface area contributed by atoms with E-state index in [0.29, 0.717) is 11.3 Å². The van der Waals surface area contributed by atoms with Crippen molar-refractivity contribution in [3.05, 3.63) is 65.3 Å². The van der Waals surface area contributed by atoms with Gasteiger partial charge in [0.2, 0.25) is 0 Å². The summed E-state index contributed by atoms with van der Waals surface area (Å²) in [6.07, 6.45) is 3.64. The first-order valence-corrected chi connectivity index (χ1v) is 5.01. The summed E-state index contributed by atoms with van der Waals surface area (Å²) in [5, 5.41) is 0. The molecule has 0 atom stereocenters. The second kappa shape index (κ2) is 3.38. The van der Waals surface area contributed by atoms with Crippen LogP contribution in [0.25, 0.3) is 16.8 Å². The Balaban J connectivity index is 2.30. The molecule has 3 rings (SSSR count). The lowest BCUT2D eigenvalue weighted by molar-refractivity contribution is 0.525. The van der Waals surface area contributed by atoms with E-state index in [1.165, 1.54) is 0 Å². The van der Waals surface area contributed by atoms with Crippen LogP contribution in [0.1, 0.15) is 0 Å². The number of benzene rings is 1. The van der Waals surface area contributed by atoms with Gasteiger partial charge in [-0.1, -0.05) is 30.3 Å². The fourth-order valence-corrected chi connectivity index (χ4v) is 1.72. The van der Waals surface area contributed by atoms with Gasteiger partial charge in [-0.15, -0.1) is 0 Å². The summed E-state index contributed by atoms with van der Waals surface area (Å²) < 4.78 is 7.03. The minimum absolute atomic E-state index is 0.314. The maximum absolute atomic E-state index is 11.6. The topological polar surface area (TPSA) is 34.6 Å². The highest BCUT2D eigenvalue weighted by atomic mass is 16.4. The van der Waals surface area contributed by atoms with Gasteiger partial charge in [0.1, 0.15) is 5.52 Å². The SMILES string of the molecule is O=c1oc(-c2ccccc2)cn2cccc12. The standard InChI is InChI=1S/C13H9NO2/c15-13-11-7-4-8-14(11)9-12(16-13)10-5-2-1-3-6-10/h1-9H. The van der Waals surface area contributed by atoms with Gasteiger partial charge in [-0.25, -0.2) is 4.79 Å². The summed E-state index contributed by atoms with van der Waals surface area (Å²) in [5.74, 6) is 0.578. The van der Waals surface area contributed by atoms with E-state index in [0.717, 1.165) is 5.56 Å². The van der Waals surface area contributed by atoms with Crippen LogP contribution < -0.4 is 5.63 Å². The smallest absolute Gasteiger partial charge is 0.360 e. The summed E-state index contributed by atoms with van der Waals surface area (Å²) >= 11 is 0. The molecule has 16 heavy (non-hydrogen) atoms. The Morgan fingerprint density at radius 1 is 1.00 bits per heavy atom. The summed E-state index contributed by atoms with van der Waals surface area (Å²) in [7, 11) is 0. The van der Waals surface area contributed by atoms with E-state index in [1.807, 2.05) is 48.8 Å². The summed E-state index contributed by atoms with van der Waals surface area (Å²) in [6.45, 7) is 0. The van der Waals surface area contributed by atoms with E-state index in [2.05, 4.69) is 0 Å². The van der Waals surface area contributed by atoms with Crippen LogP contribution in [0, 0.1) is 0 Å². The first-order chi connectivity index (χ1) is 7.84. The number of hydrogen-bond donors (Lipinski definition) is 0. The predicted octanol–water partition coefficient (Wildman–Crippen LogP) is 2.56. The van der Waals surface area contributed by atoms with E-state index in [9.17, 15) is 4.79 Å². The fourth-order valence-electron chi connectivity index (χ4n) is 1.72. The number of fused-ring (bicyclic) bond motifs is 1. The minimum Gasteiger partial charge on any atom is -0.420 e. The second-order valence-corrected chi connectivity index (χ2v) is 3.55. The molecule has 2 heterocycles. The molecule has 1 aromatic carbocycles. The third kappa shape index (κ3) is 1.34. The first-order valence-electron chi connectivity index (χ1n) is 5.01. The Morgan fingerprint density at radius 2 is 1.81 bits per heavy atom. The Hall–Kier alpha value is -2.29. The molecule has 3 nitrogen and oxygen atoms in total. The van der Waals surface area contributed by atoms with Crippen molar-refractivity contribution < 1.29 is 4.42 Å². The molecule has 0 aliphatic rings. The van der Waals surface area contributed by atoms with Crippen LogP contribution in [-0.2, 0) is 0 Å². The summed E-state index contributed by atoms with van der Waals surface area (Å²) in [5.41, 5.74) is 1.14. The van der Waals surface area contributed by atoms with E-state index in [-0.39, 0.29) is 5.63 Å². The van der Waals surface area contributed by atoms with Gasteiger partial charge >= 0.3 is 5.63 Å². The molecule has 0 aliphatic heterocycles. The number of hydrogen-bond acceptors (Lipinski definition) is 2. The molecule has 0 spiro atoms. The molecule has 0 bridgehead atoms. The highest BCUT2D eigenvalue weighted by Gasteiger charge is 2.05. The average molecular weight is 211 g/mol. The predicted molar refractivity (Wildman–Crippen MR) is 61.4 cm³/mol. The van der Waals surface area contributed by atoms with Crippen LogP contribution >= 0.6 is 0 Å².